The first-order chi connectivity index (χ1) is 14.2. The quantitative estimate of drug-likeness (QED) is 0.596. The van der Waals surface area contributed by atoms with Gasteiger partial charge in [-0.2, -0.15) is 5.10 Å². The number of aryl methyl sites for hydroxylation is 1. The van der Waals surface area contributed by atoms with Crippen LogP contribution in [0.15, 0.2) is 53.4 Å². The van der Waals surface area contributed by atoms with Gasteiger partial charge in [0, 0.05) is 23.4 Å². The Hall–Kier alpha value is -3.41. The lowest BCUT2D eigenvalue weighted by molar-refractivity contribution is -0.116. The molecule has 8 heteroatoms. The summed E-state index contributed by atoms with van der Waals surface area (Å²) in [6, 6.07) is 13.3. The lowest BCUT2D eigenvalue weighted by Gasteiger charge is -2.07. The van der Waals surface area contributed by atoms with Crippen molar-refractivity contribution < 1.29 is 13.2 Å². The molecule has 7 nitrogen and oxygen atoms in total. The number of nitrogens with one attached hydrogen (secondary N) is 1. The predicted molar refractivity (Wildman–Crippen MR) is 116 cm³/mol. The van der Waals surface area contributed by atoms with Gasteiger partial charge in [-0.15, -0.1) is 6.42 Å². The summed E-state index contributed by atoms with van der Waals surface area (Å²) in [5, 5.41) is 12.5. The molecule has 2 aromatic carbocycles. The van der Waals surface area contributed by atoms with E-state index in [2.05, 4.69) is 16.3 Å². The number of rotatable bonds is 6. The number of sulfonamides is 1. The number of primary sulfonamides is 1. The second kappa shape index (κ2) is 8.53. The van der Waals surface area contributed by atoms with Crippen molar-refractivity contribution in [3.63, 3.8) is 0 Å². The SMILES string of the molecule is C#Cc1ccc(NC(=O)CCc2c(C)nn(-c3ccc(S(N)(=O)=O)cc3)c2C)cc1. The summed E-state index contributed by atoms with van der Waals surface area (Å²) in [5.41, 5.74) is 4.84. The van der Waals surface area contributed by atoms with E-state index in [1.165, 1.54) is 12.1 Å². The molecule has 1 heterocycles. The van der Waals surface area contributed by atoms with E-state index in [0.29, 0.717) is 24.2 Å². The smallest absolute Gasteiger partial charge is 0.238 e. The first-order valence-corrected chi connectivity index (χ1v) is 10.8. The molecule has 0 aliphatic heterocycles. The predicted octanol–water partition coefficient (Wildman–Crippen LogP) is 2.69. The number of nitrogens with two attached hydrogens (primary N) is 1. The molecule has 0 aliphatic rings. The fraction of sp³-hybridized carbons (Fsp3) is 0.182. The van der Waals surface area contributed by atoms with E-state index in [0.717, 1.165) is 22.5 Å². The Labute approximate surface area is 176 Å². The molecule has 1 aromatic heterocycles. The van der Waals surface area contributed by atoms with Crippen LogP contribution in [0.25, 0.3) is 5.69 Å². The highest BCUT2D eigenvalue weighted by molar-refractivity contribution is 7.89. The van der Waals surface area contributed by atoms with E-state index < -0.39 is 10.0 Å². The fourth-order valence-corrected chi connectivity index (χ4v) is 3.69. The van der Waals surface area contributed by atoms with E-state index in [1.54, 1.807) is 41.1 Å². The number of carbonyl (C=O) groups is 1. The van der Waals surface area contributed by atoms with Crippen LogP contribution in [-0.2, 0) is 21.2 Å². The van der Waals surface area contributed by atoms with Crippen molar-refractivity contribution in [2.75, 3.05) is 5.32 Å². The number of aromatic nitrogens is 2. The number of terminal acetylenes is 1. The van der Waals surface area contributed by atoms with Crippen molar-refractivity contribution in [3.8, 4) is 18.0 Å². The van der Waals surface area contributed by atoms with Crippen molar-refractivity contribution in [2.45, 2.75) is 31.6 Å². The minimum absolute atomic E-state index is 0.0416. The Morgan fingerprint density at radius 1 is 1.13 bits per heavy atom. The summed E-state index contributed by atoms with van der Waals surface area (Å²) >= 11 is 0. The third kappa shape index (κ3) is 4.76. The van der Waals surface area contributed by atoms with Gasteiger partial charge in [0.2, 0.25) is 15.9 Å². The summed E-state index contributed by atoms with van der Waals surface area (Å²) in [5.74, 6) is 2.43. The van der Waals surface area contributed by atoms with Crippen LogP contribution in [0, 0.1) is 26.2 Å². The normalized spacial score (nSPS) is 11.1. The van der Waals surface area contributed by atoms with Crippen molar-refractivity contribution in [2.24, 2.45) is 5.14 Å². The van der Waals surface area contributed by atoms with Gasteiger partial charge in [-0.3, -0.25) is 4.79 Å². The standard InChI is InChI=1S/C22H22N4O3S/c1-4-17-5-7-18(8-6-17)24-22(27)14-13-21-15(2)25-26(16(21)3)19-9-11-20(12-10-19)30(23,28)29/h1,5-12H,13-14H2,2-3H3,(H,24,27)(H2,23,28,29). The Bertz CT molecular complexity index is 1220. The second-order valence-corrected chi connectivity index (χ2v) is 8.43. The number of benzene rings is 2. The molecule has 0 bridgehead atoms. The van der Waals surface area contributed by atoms with Crippen LogP contribution in [0.3, 0.4) is 0 Å². The van der Waals surface area contributed by atoms with Crippen LogP contribution < -0.4 is 10.5 Å². The van der Waals surface area contributed by atoms with Crippen molar-refractivity contribution in [3.05, 3.63) is 71.0 Å². The first kappa shape index (κ1) is 21.3. The topological polar surface area (TPSA) is 107 Å². The molecular formula is C22H22N4O3S. The summed E-state index contributed by atoms with van der Waals surface area (Å²) in [6.45, 7) is 3.80. The largest absolute Gasteiger partial charge is 0.326 e. The highest BCUT2D eigenvalue weighted by atomic mass is 32.2. The molecule has 154 valence electrons. The van der Waals surface area contributed by atoms with Crippen LogP contribution in [0.4, 0.5) is 5.69 Å². The summed E-state index contributed by atoms with van der Waals surface area (Å²) in [6.07, 6.45) is 6.16. The van der Waals surface area contributed by atoms with Crippen LogP contribution >= 0.6 is 0 Å². The van der Waals surface area contributed by atoms with E-state index in [1.807, 2.05) is 13.8 Å². The molecule has 0 unspecified atom stereocenters. The zero-order valence-corrected chi connectivity index (χ0v) is 17.5. The second-order valence-electron chi connectivity index (χ2n) is 6.87. The van der Waals surface area contributed by atoms with Crippen LogP contribution in [0.2, 0.25) is 0 Å². The van der Waals surface area contributed by atoms with E-state index in [4.69, 9.17) is 11.6 Å². The van der Waals surface area contributed by atoms with Crippen molar-refractivity contribution in [1.29, 1.82) is 0 Å². The maximum Gasteiger partial charge on any atom is 0.238 e. The first-order valence-electron chi connectivity index (χ1n) is 9.24. The highest BCUT2D eigenvalue weighted by Gasteiger charge is 2.15. The highest BCUT2D eigenvalue weighted by Crippen LogP contribution is 2.21. The Morgan fingerprint density at radius 2 is 1.77 bits per heavy atom. The molecule has 0 fully saturated rings. The number of carbonyl (C=O) groups excluding carboxylic acids is 1. The number of anilines is 1. The van der Waals surface area contributed by atoms with E-state index >= 15 is 0 Å². The Balaban J connectivity index is 1.71. The third-order valence-corrected chi connectivity index (χ3v) is 5.72. The molecule has 0 saturated heterocycles. The van der Waals surface area contributed by atoms with Crippen LogP contribution in [0.1, 0.15) is 28.9 Å². The summed E-state index contributed by atoms with van der Waals surface area (Å²) < 4.78 is 24.6. The minimum Gasteiger partial charge on any atom is -0.326 e. The van der Waals surface area contributed by atoms with Gasteiger partial charge in [0.15, 0.2) is 0 Å². The molecule has 30 heavy (non-hydrogen) atoms. The van der Waals surface area contributed by atoms with Gasteiger partial charge < -0.3 is 5.32 Å². The monoisotopic (exact) mass is 422 g/mol. The average Bonchev–Trinajstić information content (AvgIpc) is 3.00. The zero-order chi connectivity index (χ0) is 21.9. The van der Waals surface area contributed by atoms with E-state index in [9.17, 15) is 13.2 Å². The molecule has 0 radical (unpaired) electrons. The van der Waals surface area contributed by atoms with Crippen molar-refractivity contribution in [1.82, 2.24) is 9.78 Å². The number of nitrogens with zero attached hydrogens (tertiary/aromatic N) is 2. The van der Waals surface area contributed by atoms with Crippen LogP contribution in [-0.4, -0.2) is 24.1 Å². The molecule has 3 N–H and O–H groups in total. The zero-order valence-electron chi connectivity index (χ0n) is 16.7. The molecule has 0 atom stereocenters. The lowest BCUT2D eigenvalue weighted by atomic mass is 10.1. The number of hydrogen-bond acceptors (Lipinski definition) is 4. The molecule has 1 amide bonds. The summed E-state index contributed by atoms with van der Waals surface area (Å²) in [7, 11) is -3.75. The Kier molecular flexibility index (Phi) is 6.06. The number of amides is 1. The van der Waals surface area contributed by atoms with Gasteiger partial charge in [0.25, 0.3) is 0 Å². The molecule has 0 saturated carbocycles. The van der Waals surface area contributed by atoms with E-state index in [-0.39, 0.29) is 10.8 Å². The van der Waals surface area contributed by atoms with Gasteiger partial charge in [0.1, 0.15) is 0 Å². The molecular weight excluding hydrogens is 400 g/mol. The maximum absolute atomic E-state index is 12.3. The summed E-state index contributed by atoms with van der Waals surface area (Å²) in [4.78, 5) is 12.4. The Morgan fingerprint density at radius 3 is 2.33 bits per heavy atom. The minimum atomic E-state index is -3.75. The van der Waals surface area contributed by atoms with Gasteiger partial charge >= 0.3 is 0 Å². The molecule has 3 aromatic rings. The average molecular weight is 423 g/mol. The molecule has 0 aliphatic carbocycles. The maximum atomic E-state index is 12.3. The van der Waals surface area contributed by atoms with Crippen molar-refractivity contribution >= 4 is 21.6 Å². The van der Waals surface area contributed by atoms with Gasteiger partial charge in [-0.1, -0.05) is 5.92 Å². The van der Waals surface area contributed by atoms with Gasteiger partial charge in [0.05, 0.1) is 16.3 Å². The third-order valence-electron chi connectivity index (χ3n) is 4.79. The van der Waals surface area contributed by atoms with Gasteiger partial charge in [-0.25, -0.2) is 18.2 Å². The van der Waals surface area contributed by atoms with Crippen LogP contribution in [0.5, 0.6) is 0 Å². The van der Waals surface area contributed by atoms with Gasteiger partial charge in [-0.05, 0) is 74.4 Å². The fourth-order valence-electron chi connectivity index (χ4n) is 3.18. The lowest BCUT2D eigenvalue weighted by Crippen LogP contribution is -2.13. The molecule has 3 rings (SSSR count). The number of hydrogen-bond donors (Lipinski definition) is 2. The molecule has 0 spiro atoms.